The van der Waals surface area contributed by atoms with Gasteiger partial charge in [-0.25, -0.2) is 0 Å². The number of benzene rings is 1. The zero-order valence-electron chi connectivity index (χ0n) is 16.5. The zero-order chi connectivity index (χ0) is 17.8. The molecule has 0 saturated heterocycles. The van der Waals surface area contributed by atoms with Gasteiger partial charge in [0.25, 0.3) is 0 Å². The second-order valence-corrected chi connectivity index (χ2v) is 7.32. The fraction of sp³-hybridized carbons (Fsp3) is 0.708. The van der Waals surface area contributed by atoms with E-state index in [1.165, 1.54) is 96.3 Å². The third-order valence-electron chi connectivity index (χ3n) is 4.91. The molecule has 1 heteroatoms. The molecular formula is C24H41O. The maximum Gasteiger partial charge on any atom is 0.119 e. The maximum atomic E-state index is 5.72. The molecule has 0 aliphatic rings. The van der Waals surface area contributed by atoms with E-state index in [0.717, 1.165) is 18.8 Å². The monoisotopic (exact) mass is 345 g/mol. The van der Waals surface area contributed by atoms with Gasteiger partial charge in [0.05, 0.1) is 6.61 Å². The SMILES string of the molecule is [CH2]CCCCCCCCCCCCCCCCCOc1ccccc1. The lowest BCUT2D eigenvalue weighted by Crippen LogP contribution is -1.96. The van der Waals surface area contributed by atoms with E-state index in [4.69, 9.17) is 4.74 Å². The summed E-state index contributed by atoms with van der Waals surface area (Å²) >= 11 is 0. The van der Waals surface area contributed by atoms with Gasteiger partial charge in [-0.05, 0) is 18.6 Å². The second kappa shape index (κ2) is 17.8. The summed E-state index contributed by atoms with van der Waals surface area (Å²) in [5.41, 5.74) is 0. The van der Waals surface area contributed by atoms with Crippen LogP contribution in [0, 0.1) is 6.92 Å². The van der Waals surface area contributed by atoms with Crippen LogP contribution in [0.5, 0.6) is 5.75 Å². The van der Waals surface area contributed by atoms with E-state index in [1.807, 2.05) is 30.3 Å². The van der Waals surface area contributed by atoms with Crippen LogP contribution in [0.3, 0.4) is 0 Å². The summed E-state index contributed by atoms with van der Waals surface area (Å²) in [5.74, 6) is 1.00. The highest BCUT2D eigenvalue weighted by atomic mass is 16.5. The van der Waals surface area contributed by atoms with Crippen molar-refractivity contribution in [1.82, 2.24) is 0 Å². The number of hydrogen-bond donors (Lipinski definition) is 0. The third kappa shape index (κ3) is 15.0. The second-order valence-electron chi connectivity index (χ2n) is 7.32. The predicted octanol–water partition coefficient (Wildman–Crippen LogP) is 8.14. The van der Waals surface area contributed by atoms with Crippen molar-refractivity contribution >= 4 is 0 Å². The van der Waals surface area contributed by atoms with Crippen molar-refractivity contribution in [3.05, 3.63) is 37.3 Å². The molecule has 1 aromatic carbocycles. The van der Waals surface area contributed by atoms with Crippen molar-refractivity contribution in [3.63, 3.8) is 0 Å². The number of hydrogen-bond acceptors (Lipinski definition) is 1. The Bertz CT molecular complexity index is 360. The van der Waals surface area contributed by atoms with Crippen molar-refractivity contribution < 1.29 is 4.74 Å². The molecule has 1 nitrogen and oxygen atoms in total. The summed E-state index contributed by atoms with van der Waals surface area (Å²) < 4.78 is 5.72. The van der Waals surface area contributed by atoms with Gasteiger partial charge in [0.1, 0.15) is 5.75 Å². The summed E-state index contributed by atoms with van der Waals surface area (Å²) in [6.45, 7) is 4.76. The minimum absolute atomic E-state index is 0.860. The smallest absolute Gasteiger partial charge is 0.119 e. The lowest BCUT2D eigenvalue weighted by Gasteiger charge is -2.06. The summed E-state index contributed by atoms with van der Waals surface area (Å²) in [4.78, 5) is 0. The summed E-state index contributed by atoms with van der Waals surface area (Å²) in [6, 6.07) is 10.1. The fourth-order valence-electron chi connectivity index (χ4n) is 3.28. The molecule has 0 bridgehead atoms. The molecule has 0 unspecified atom stereocenters. The van der Waals surface area contributed by atoms with Crippen molar-refractivity contribution in [2.45, 2.75) is 103 Å². The normalized spacial score (nSPS) is 10.9. The summed E-state index contributed by atoms with van der Waals surface area (Å²) in [6.07, 6.45) is 22.0. The number of para-hydroxylation sites is 1. The van der Waals surface area contributed by atoms with Gasteiger partial charge in [-0.1, -0.05) is 121 Å². The maximum absolute atomic E-state index is 5.72. The summed E-state index contributed by atoms with van der Waals surface area (Å²) in [5, 5.41) is 0. The molecule has 25 heavy (non-hydrogen) atoms. The van der Waals surface area contributed by atoms with Crippen molar-refractivity contribution in [3.8, 4) is 5.75 Å². The Balaban J connectivity index is 1.69. The van der Waals surface area contributed by atoms with Gasteiger partial charge in [-0.3, -0.25) is 0 Å². The van der Waals surface area contributed by atoms with E-state index in [2.05, 4.69) is 6.92 Å². The standard InChI is InChI=1S/C24H41O/c1-2-3-4-5-6-7-8-9-10-11-12-13-14-15-16-20-23-25-24-21-18-17-19-22-24/h17-19,21-22H,1-16,20,23H2. The zero-order valence-corrected chi connectivity index (χ0v) is 16.5. The Morgan fingerprint density at radius 3 is 1.36 bits per heavy atom. The molecule has 0 N–H and O–H groups in total. The molecule has 0 amide bonds. The Kier molecular flexibility index (Phi) is 15.7. The first-order chi connectivity index (χ1) is 12.4. The lowest BCUT2D eigenvalue weighted by molar-refractivity contribution is 0.304. The Labute approximate surface area is 157 Å². The van der Waals surface area contributed by atoms with Crippen LogP contribution in [0.2, 0.25) is 0 Å². The molecule has 1 radical (unpaired) electrons. The minimum Gasteiger partial charge on any atom is -0.494 e. The molecule has 0 fully saturated rings. The van der Waals surface area contributed by atoms with Gasteiger partial charge in [-0.2, -0.15) is 0 Å². The number of unbranched alkanes of at least 4 members (excludes halogenated alkanes) is 15. The average molecular weight is 346 g/mol. The van der Waals surface area contributed by atoms with Crippen molar-refractivity contribution in [2.75, 3.05) is 6.61 Å². The third-order valence-corrected chi connectivity index (χ3v) is 4.91. The Morgan fingerprint density at radius 2 is 0.920 bits per heavy atom. The molecule has 0 saturated carbocycles. The highest BCUT2D eigenvalue weighted by molar-refractivity contribution is 5.20. The molecule has 0 spiro atoms. The molecule has 0 aliphatic carbocycles. The summed E-state index contributed by atoms with van der Waals surface area (Å²) in [7, 11) is 0. The molecule has 1 aromatic rings. The van der Waals surface area contributed by atoms with Gasteiger partial charge < -0.3 is 4.74 Å². The van der Waals surface area contributed by atoms with Crippen LogP contribution in [-0.2, 0) is 0 Å². The average Bonchev–Trinajstić information content (AvgIpc) is 2.65. The molecule has 143 valence electrons. The molecule has 0 heterocycles. The largest absolute Gasteiger partial charge is 0.494 e. The Hall–Kier alpha value is -0.980. The lowest BCUT2D eigenvalue weighted by atomic mass is 10.0. The van der Waals surface area contributed by atoms with Crippen LogP contribution in [0.4, 0.5) is 0 Å². The van der Waals surface area contributed by atoms with E-state index >= 15 is 0 Å². The van der Waals surface area contributed by atoms with E-state index in [0.29, 0.717) is 0 Å². The van der Waals surface area contributed by atoms with E-state index in [1.54, 1.807) is 0 Å². The van der Waals surface area contributed by atoms with E-state index < -0.39 is 0 Å². The number of ether oxygens (including phenoxy) is 1. The molecular weight excluding hydrogens is 304 g/mol. The number of rotatable bonds is 18. The first kappa shape index (κ1) is 22.1. The first-order valence-electron chi connectivity index (χ1n) is 10.9. The van der Waals surface area contributed by atoms with Crippen LogP contribution < -0.4 is 4.74 Å². The predicted molar refractivity (Wildman–Crippen MR) is 111 cm³/mol. The van der Waals surface area contributed by atoms with Crippen LogP contribution >= 0.6 is 0 Å². The van der Waals surface area contributed by atoms with Gasteiger partial charge >= 0.3 is 0 Å². The Morgan fingerprint density at radius 1 is 0.520 bits per heavy atom. The van der Waals surface area contributed by atoms with Gasteiger partial charge in [0, 0.05) is 0 Å². The first-order valence-corrected chi connectivity index (χ1v) is 10.9. The molecule has 0 aliphatic heterocycles. The van der Waals surface area contributed by atoms with Crippen LogP contribution in [0.15, 0.2) is 30.3 Å². The van der Waals surface area contributed by atoms with Gasteiger partial charge in [0.2, 0.25) is 0 Å². The van der Waals surface area contributed by atoms with Crippen molar-refractivity contribution in [1.29, 1.82) is 0 Å². The molecule has 1 rings (SSSR count). The quantitative estimate of drug-likeness (QED) is 0.244. The van der Waals surface area contributed by atoms with Crippen LogP contribution in [0.25, 0.3) is 0 Å². The minimum atomic E-state index is 0.860. The highest BCUT2D eigenvalue weighted by Gasteiger charge is 1.95. The highest BCUT2D eigenvalue weighted by Crippen LogP contribution is 2.14. The van der Waals surface area contributed by atoms with Crippen molar-refractivity contribution in [2.24, 2.45) is 0 Å². The van der Waals surface area contributed by atoms with Crippen LogP contribution in [0.1, 0.15) is 103 Å². The van der Waals surface area contributed by atoms with Gasteiger partial charge in [-0.15, -0.1) is 0 Å². The molecule has 0 atom stereocenters. The van der Waals surface area contributed by atoms with Gasteiger partial charge in [0.15, 0.2) is 0 Å². The topological polar surface area (TPSA) is 9.23 Å². The van der Waals surface area contributed by atoms with E-state index in [9.17, 15) is 0 Å². The van der Waals surface area contributed by atoms with Crippen LogP contribution in [-0.4, -0.2) is 6.61 Å². The fourth-order valence-corrected chi connectivity index (χ4v) is 3.28. The molecule has 0 aromatic heterocycles. The van der Waals surface area contributed by atoms with E-state index in [-0.39, 0.29) is 0 Å².